The molecule has 0 atom stereocenters. The number of nitrogens with one attached hydrogen (secondary N) is 1. The molecule has 1 N–H and O–H groups in total. The second kappa shape index (κ2) is 14.8. The number of nitrogens with zero attached hydrogens (tertiary/aromatic N) is 1. The van der Waals surface area contributed by atoms with E-state index in [1.54, 1.807) is 48.5 Å². The molecule has 0 heterocycles. The maximum Gasteiger partial charge on any atom is 0.271 e. The first-order valence-corrected chi connectivity index (χ1v) is 14.1. The van der Waals surface area contributed by atoms with Gasteiger partial charge in [-0.15, -0.1) is 0 Å². The first-order chi connectivity index (χ1) is 19.9. The normalized spacial score (nSPS) is 10.9. The highest BCUT2D eigenvalue weighted by Gasteiger charge is 2.14. The standard InChI is InChI=1S/C31H27BrCl2N2O5/c1-3-39-28-15-22(10-12-27(28)40-18-20-7-5-4-6-8-20)31(37)36-35-17-21-13-25(32)30(29(14-21)38-2)41-19-23-9-11-24(33)16-26(23)34/h4-17H,3,18-19H2,1-2H3,(H,36,37)/b35-17+. The van der Waals surface area contributed by atoms with Gasteiger partial charge in [-0.05, 0) is 76.4 Å². The Bertz CT molecular complexity index is 1530. The lowest BCUT2D eigenvalue weighted by Gasteiger charge is -2.14. The summed E-state index contributed by atoms with van der Waals surface area (Å²) in [6, 6.07) is 23.6. The largest absolute Gasteiger partial charge is 0.493 e. The van der Waals surface area contributed by atoms with Gasteiger partial charge in [-0.2, -0.15) is 5.10 Å². The molecule has 0 aromatic heterocycles. The molecular weight excluding hydrogens is 631 g/mol. The van der Waals surface area contributed by atoms with Crippen LogP contribution in [0, 0.1) is 0 Å². The smallest absolute Gasteiger partial charge is 0.271 e. The summed E-state index contributed by atoms with van der Waals surface area (Å²) in [6.07, 6.45) is 1.51. The van der Waals surface area contributed by atoms with Crippen LogP contribution in [0.3, 0.4) is 0 Å². The number of hydrogen-bond donors (Lipinski definition) is 1. The van der Waals surface area contributed by atoms with Crippen molar-refractivity contribution in [2.45, 2.75) is 20.1 Å². The molecule has 0 spiro atoms. The van der Waals surface area contributed by atoms with Crippen molar-refractivity contribution in [1.29, 1.82) is 0 Å². The monoisotopic (exact) mass is 656 g/mol. The topological polar surface area (TPSA) is 78.4 Å². The second-order valence-corrected chi connectivity index (χ2v) is 10.3. The number of carbonyl (C=O) groups is 1. The predicted molar refractivity (Wildman–Crippen MR) is 165 cm³/mol. The van der Waals surface area contributed by atoms with Crippen LogP contribution in [-0.4, -0.2) is 25.8 Å². The van der Waals surface area contributed by atoms with E-state index in [0.29, 0.717) is 61.9 Å². The maximum absolute atomic E-state index is 12.8. The van der Waals surface area contributed by atoms with E-state index in [1.807, 2.05) is 37.3 Å². The summed E-state index contributed by atoms with van der Waals surface area (Å²) < 4.78 is 23.8. The van der Waals surface area contributed by atoms with Crippen LogP contribution in [0.1, 0.15) is 34.0 Å². The number of amides is 1. The Labute approximate surface area is 257 Å². The fraction of sp³-hybridized carbons (Fsp3) is 0.161. The van der Waals surface area contributed by atoms with Gasteiger partial charge in [0.25, 0.3) is 5.91 Å². The minimum atomic E-state index is -0.400. The molecule has 0 unspecified atom stereocenters. The van der Waals surface area contributed by atoms with Gasteiger partial charge in [-0.1, -0.05) is 59.6 Å². The lowest BCUT2D eigenvalue weighted by Crippen LogP contribution is -2.17. The van der Waals surface area contributed by atoms with Gasteiger partial charge in [0.1, 0.15) is 13.2 Å². The van der Waals surface area contributed by atoms with E-state index in [-0.39, 0.29) is 6.61 Å². The SMILES string of the molecule is CCOc1cc(C(=O)N/N=C/c2cc(Br)c(OCc3ccc(Cl)cc3Cl)c(OC)c2)ccc1OCc1ccccc1. The van der Waals surface area contributed by atoms with Crippen LogP contribution in [0.15, 0.2) is 88.4 Å². The van der Waals surface area contributed by atoms with Gasteiger partial charge in [0, 0.05) is 21.2 Å². The number of rotatable bonds is 12. The third-order valence-electron chi connectivity index (χ3n) is 5.76. The van der Waals surface area contributed by atoms with E-state index in [1.165, 1.54) is 13.3 Å². The molecular formula is C31H27BrCl2N2O5. The van der Waals surface area contributed by atoms with Crippen molar-refractivity contribution in [3.63, 3.8) is 0 Å². The molecule has 10 heteroatoms. The number of benzene rings is 4. The molecule has 0 aliphatic rings. The summed E-state index contributed by atoms with van der Waals surface area (Å²) in [7, 11) is 1.54. The van der Waals surface area contributed by atoms with Crippen LogP contribution in [0.5, 0.6) is 23.0 Å². The minimum absolute atomic E-state index is 0.217. The third kappa shape index (κ3) is 8.39. The van der Waals surface area contributed by atoms with Crippen molar-refractivity contribution in [3.05, 3.63) is 116 Å². The van der Waals surface area contributed by atoms with Crippen molar-refractivity contribution >= 4 is 51.3 Å². The first kappa shape index (κ1) is 30.2. The zero-order valence-electron chi connectivity index (χ0n) is 22.3. The highest BCUT2D eigenvalue weighted by atomic mass is 79.9. The number of ether oxygens (including phenoxy) is 4. The van der Waals surface area contributed by atoms with E-state index >= 15 is 0 Å². The Hall–Kier alpha value is -3.72. The van der Waals surface area contributed by atoms with Gasteiger partial charge in [0.2, 0.25) is 0 Å². The summed E-state index contributed by atoms with van der Waals surface area (Å²) in [5.74, 6) is 1.60. The highest BCUT2D eigenvalue weighted by molar-refractivity contribution is 9.10. The molecule has 0 saturated heterocycles. The van der Waals surface area contributed by atoms with E-state index in [4.69, 9.17) is 42.1 Å². The molecule has 0 aliphatic carbocycles. The number of hydrazone groups is 1. The molecule has 7 nitrogen and oxygen atoms in total. The average molecular weight is 658 g/mol. The van der Waals surface area contributed by atoms with Crippen LogP contribution >= 0.6 is 39.1 Å². The summed E-state index contributed by atoms with van der Waals surface area (Å²) in [4.78, 5) is 12.8. The molecule has 4 rings (SSSR count). The van der Waals surface area contributed by atoms with Gasteiger partial charge < -0.3 is 18.9 Å². The molecule has 1 amide bonds. The van der Waals surface area contributed by atoms with Crippen LogP contribution in [0.2, 0.25) is 10.0 Å². The van der Waals surface area contributed by atoms with Crippen LogP contribution in [0.4, 0.5) is 0 Å². The van der Waals surface area contributed by atoms with Gasteiger partial charge in [-0.25, -0.2) is 5.43 Å². The highest BCUT2D eigenvalue weighted by Crippen LogP contribution is 2.37. The lowest BCUT2D eigenvalue weighted by molar-refractivity contribution is 0.0954. The van der Waals surface area contributed by atoms with Crippen molar-refractivity contribution in [1.82, 2.24) is 5.43 Å². The van der Waals surface area contributed by atoms with E-state index in [0.717, 1.165) is 11.1 Å². The molecule has 4 aromatic carbocycles. The molecule has 0 radical (unpaired) electrons. The molecule has 41 heavy (non-hydrogen) atoms. The minimum Gasteiger partial charge on any atom is -0.493 e. The van der Waals surface area contributed by atoms with Crippen molar-refractivity contribution < 1.29 is 23.7 Å². The van der Waals surface area contributed by atoms with Gasteiger partial charge in [0.15, 0.2) is 23.0 Å². The maximum atomic E-state index is 12.8. The molecule has 0 bridgehead atoms. The fourth-order valence-corrected chi connectivity index (χ4v) is 4.78. The van der Waals surface area contributed by atoms with Crippen molar-refractivity contribution in [3.8, 4) is 23.0 Å². The lowest BCUT2D eigenvalue weighted by atomic mass is 10.2. The fourth-order valence-electron chi connectivity index (χ4n) is 3.75. The van der Waals surface area contributed by atoms with Crippen LogP contribution < -0.4 is 24.4 Å². The second-order valence-electron chi connectivity index (χ2n) is 8.63. The average Bonchev–Trinajstić information content (AvgIpc) is 2.97. The van der Waals surface area contributed by atoms with E-state index < -0.39 is 5.91 Å². The Morgan fingerprint density at radius 3 is 2.44 bits per heavy atom. The summed E-state index contributed by atoms with van der Waals surface area (Å²) >= 11 is 15.8. The zero-order chi connectivity index (χ0) is 29.2. The van der Waals surface area contributed by atoms with Crippen LogP contribution in [-0.2, 0) is 13.2 Å². The van der Waals surface area contributed by atoms with Crippen molar-refractivity contribution in [2.75, 3.05) is 13.7 Å². The summed E-state index contributed by atoms with van der Waals surface area (Å²) in [5, 5.41) is 5.17. The molecule has 0 aliphatic heterocycles. The number of carbonyl (C=O) groups excluding carboxylic acids is 1. The molecule has 212 valence electrons. The first-order valence-electron chi connectivity index (χ1n) is 12.6. The van der Waals surface area contributed by atoms with E-state index in [9.17, 15) is 4.79 Å². The molecule has 0 saturated carbocycles. The Morgan fingerprint density at radius 2 is 1.71 bits per heavy atom. The van der Waals surface area contributed by atoms with Crippen LogP contribution in [0.25, 0.3) is 0 Å². The number of methoxy groups -OCH3 is 1. The van der Waals surface area contributed by atoms with Gasteiger partial charge in [-0.3, -0.25) is 4.79 Å². The third-order valence-corrected chi connectivity index (χ3v) is 6.94. The summed E-state index contributed by atoms with van der Waals surface area (Å²) in [5.41, 5.74) is 5.40. The van der Waals surface area contributed by atoms with Crippen molar-refractivity contribution in [2.24, 2.45) is 5.10 Å². The quantitative estimate of drug-likeness (QED) is 0.123. The Balaban J connectivity index is 1.41. The molecule has 4 aromatic rings. The Morgan fingerprint density at radius 1 is 0.902 bits per heavy atom. The summed E-state index contributed by atoms with van der Waals surface area (Å²) in [6.45, 7) is 2.89. The number of hydrogen-bond acceptors (Lipinski definition) is 6. The van der Waals surface area contributed by atoms with E-state index in [2.05, 4.69) is 26.5 Å². The van der Waals surface area contributed by atoms with Gasteiger partial charge >= 0.3 is 0 Å². The molecule has 0 fully saturated rings. The predicted octanol–water partition coefficient (Wildman–Crippen LogP) is 8.09. The zero-order valence-corrected chi connectivity index (χ0v) is 25.4. The van der Waals surface area contributed by atoms with Gasteiger partial charge in [0.05, 0.1) is 24.4 Å². The number of halogens is 3. The Kier molecular flexibility index (Phi) is 10.9.